The van der Waals surface area contributed by atoms with Crippen LogP contribution in [0.2, 0.25) is 0 Å². The molecule has 20 heavy (non-hydrogen) atoms. The average Bonchev–Trinajstić information content (AvgIpc) is 2.51. The summed E-state index contributed by atoms with van der Waals surface area (Å²) in [6, 6.07) is 10.1. The molecule has 0 radical (unpaired) electrons. The molecule has 2 aromatic rings. The van der Waals surface area contributed by atoms with Crippen molar-refractivity contribution in [3.8, 4) is 0 Å². The third-order valence-electron chi connectivity index (χ3n) is 3.71. The van der Waals surface area contributed by atoms with Gasteiger partial charge in [-0.2, -0.15) is 0 Å². The Labute approximate surface area is 119 Å². The maximum atomic E-state index is 6.00. The summed E-state index contributed by atoms with van der Waals surface area (Å²) in [6.07, 6.45) is 3.39. The summed E-state index contributed by atoms with van der Waals surface area (Å²) >= 11 is 0. The van der Waals surface area contributed by atoms with E-state index in [1.807, 2.05) is 24.3 Å². The largest absolute Gasteiger partial charge is 0.398 e. The molecule has 1 aliphatic heterocycles. The van der Waals surface area contributed by atoms with Crippen LogP contribution >= 0.6 is 0 Å². The van der Waals surface area contributed by atoms with Gasteiger partial charge in [0.25, 0.3) is 0 Å². The highest BCUT2D eigenvalue weighted by Crippen LogP contribution is 2.16. The summed E-state index contributed by atoms with van der Waals surface area (Å²) in [5, 5.41) is 0. The predicted octanol–water partition coefficient (Wildman–Crippen LogP) is 1.38. The maximum Gasteiger partial charge on any atom is 0.131 e. The Morgan fingerprint density at radius 3 is 2.55 bits per heavy atom. The number of para-hydroxylation sites is 1. The van der Waals surface area contributed by atoms with Gasteiger partial charge in [-0.25, -0.2) is 9.97 Å². The Kier molecular flexibility index (Phi) is 3.78. The molecule has 1 aromatic carbocycles. The van der Waals surface area contributed by atoms with Crippen molar-refractivity contribution in [1.29, 1.82) is 0 Å². The van der Waals surface area contributed by atoms with Crippen LogP contribution in [0.5, 0.6) is 0 Å². The van der Waals surface area contributed by atoms with Gasteiger partial charge in [-0.1, -0.05) is 18.2 Å². The first kappa shape index (κ1) is 12.9. The topological polar surface area (TPSA) is 58.3 Å². The van der Waals surface area contributed by atoms with E-state index in [2.05, 4.69) is 25.8 Å². The van der Waals surface area contributed by atoms with E-state index < -0.39 is 0 Å². The minimum Gasteiger partial charge on any atom is -0.398 e. The molecule has 2 heterocycles. The van der Waals surface area contributed by atoms with Crippen LogP contribution in [0.4, 0.5) is 11.5 Å². The van der Waals surface area contributed by atoms with Crippen LogP contribution in [0.15, 0.2) is 42.9 Å². The predicted molar refractivity (Wildman–Crippen MR) is 80.4 cm³/mol. The second-order valence-corrected chi connectivity index (χ2v) is 5.03. The van der Waals surface area contributed by atoms with Gasteiger partial charge in [-0.05, 0) is 17.7 Å². The van der Waals surface area contributed by atoms with Gasteiger partial charge < -0.3 is 10.6 Å². The normalized spacial score (nSPS) is 16.3. The van der Waals surface area contributed by atoms with E-state index in [4.69, 9.17) is 5.73 Å². The number of anilines is 2. The van der Waals surface area contributed by atoms with E-state index in [0.717, 1.165) is 44.2 Å². The van der Waals surface area contributed by atoms with Gasteiger partial charge in [-0.3, -0.25) is 4.90 Å². The lowest BCUT2D eigenvalue weighted by molar-refractivity contribution is 0.249. The number of nitrogens with zero attached hydrogens (tertiary/aromatic N) is 4. The molecule has 104 valence electrons. The Hall–Kier alpha value is -2.14. The van der Waals surface area contributed by atoms with Crippen LogP contribution in [-0.2, 0) is 6.54 Å². The zero-order valence-electron chi connectivity index (χ0n) is 11.4. The van der Waals surface area contributed by atoms with Crippen LogP contribution in [-0.4, -0.2) is 41.0 Å². The molecule has 0 atom stereocenters. The molecule has 1 saturated heterocycles. The molecule has 2 N–H and O–H groups in total. The second kappa shape index (κ2) is 5.88. The van der Waals surface area contributed by atoms with Gasteiger partial charge in [0.2, 0.25) is 0 Å². The highest BCUT2D eigenvalue weighted by atomic mass is 15.3. The van der Waals surface area contributed by atoms with E-state index in [9.17, 15) is 0 Å². The summed E-state index contributed by atoms with van der Waals surface area (Å²) in [4.78, 5) is 13.0. The van der Waals surface area contributed by atoms with Crippen LogP contribution in [0, 0.1) is 0 Å². The molecule has 3 rings (SSSR count). The number of nitrogen functional groups attached to an aromatic ring is 1. The quantitative estimate of drug-likeness (QED) is 0.853. The van der Waals surface area contributed by atoms with E-state index in [0.29, 0.717) is 0 Å². The number of hydrogen-bond acceptors (Lipinski definition) is 5. The third-order valence-corrected chi connectivity index (χ3v) is 3.71. The molecule has 0 aliphatic carbocycles. The molecule has 5 nitrogen and oxygen atoms in total. The van der Waals surface area contributed by atoms with E-state index in [1.165, 1.54) is 5.56 Å². The summed E-state index contributed by atoms with van der Waals surface area (Å²) in [7, 11) is 0. The van der Waals surface area contributed by atoms with E-state index in [1.54, 1.807) is 12.5 Å². The van der Waals surface area contributed by atoms with Crippen molar-refractivity contribution in [3.63, 3.8) is 0 Å². The molecule has 1 fully saturated rings. The first-order valence-corrected chi connectivity index (χ1v) is 6.89. The SMILES string of the molecule is Nc1ccccc1CN1CCN(c2ccncn2)CC1. The molecule has 5 heteroatoms. The summed E-state index contributed by atoms with van der Waals surface area (Å²) in [5.41, 5.74) is 8.09. The standard InChI is InChI=1S/C15H19N5/c16-14-4-2-1-3-13(14)11-19-7-9-20(10-8-19)15-5-6-17-12-18-15/h1-6,12H,7-11,16H2. The van der Waals surface area contributed by atoms with Gasteiger partial charge in [0.1, 0.15) is 12.1 Å². The van der Waals surface area contributed by atoms with Crippen molar-refractivity contribution in [2.75, 3.05) is 36.8 Å². The fraction of sp³-hybridized carbons (Fsp3) is 0.333. The van der Waals surface area contributed by atoms with E-state index in [-0.39, 0.29) is 0 Å². The van der Waals surface area contributed by atoms with Crippen molar-refractivity contribution in [1.82, 2.24) is 14.9 Å². The van der Waals surface area contributed by atoms with Crippen LogP contribution in [0.1, 0.15) is 5.56 Å². The molecule has 0 spiro atoms. The minimum atomic E-state index is 0.880. The Morgan fingerprint density at radius 2 is 1.85 bits per heavy atom. The third kappa shape index (κ3) is 2.88. The zero-order valence-corrected chi connectivity index (χ0v) is 11.4. The fourth-order valence-electron chi connectivity index (χ4n) is 2.52. The van der Waals surface area contributed by atoms with Gasteiger partial charge in [-0.15, -0.1) is 0 Å². The van der Waals surface area contributed by atoms with Crippen molar-refractivity contribution in [3.05, 3.63) is 48.4 Å². The van der Waals surface area contributed by atoms with Gasteiger partial charge in [0.15, 0.2) is 0 Å². The smallest absolute Gasteiger partial charge is 0.131 e. The van der Waals surface area contributed by atoms with Gasteiger partial charge in [0.05, 0.1) is 0 Å². The highest BCUT2D eigenvalue weighted by molar-refractivity contribution is 5.46. The number of rotatable bonds is 3. The Balaban J connectivity index is 1.58. The maximum absolute atomic E-state index is 6.00. The number of nitrogens with two attached hydrogens (primary N) is 1. The minimum absolute atomic E-state index is 0.880. The van der Waals surface area contributed by atoms with Gasteiger partial charge >= 0.3 is 0 Å². The molecule has 0 unspecified atom stereocenters. The summed E-state index contributed by atoms with van der Waals surface area (Å²) in [6.45, 7) is 4.95. The lowest BCUT2D eigenvalue weighted by Gasteiger charge is -2.35. The number of piperazine rings is 1. The molecule has 0 bridgehead atoms. The van der Waals surface area contributed by atoms with Crippen LogP contribution in [0.3, 0.4) is 0 Å². The lowest BCUT2D eigenvalue weighted by atomic mass is 10.1. The first-order valence-electron chi connectivity index (χ1n) is 6.89. The van der Waals surface area contributed by atoms with Gasteiger partial charge in [0, 0.05) is 44.6 Å². The Bertz CT molecular complexity index is 549. The van der Waals surface area contributed by atoms with Crippen molar-refractivity contribution in [2.45, 2.75) is 6.54 Å². The number of aromatic nitrogens is 2. The highest BCUT2D eigenvalue weighted by Gasteiger charge is 2.18. The van der Waals surface area contributed by atoms with Crippen molar-refractivity contribution in [2.24, 2.45) is 0 Å². The molecular formula is C15H19N5. The monoisotopic (exact) mass is 269 g/mol. The average molecular weight is 269 g/mol. The lowest BCUT2D eigenvalue weighted by Crippen LogP contribution is -2.46. The molecule has 1 aliphatic rings. The zero-order chi connectivity index (χ0) is 13.8. The molecule has 0 saturated carbocycles. The van der Waals surface area contributed by atoms with Crippen molar-refractivity contribution < 1.29 is 0 Å². The summed E-state index contributed by atoms with van der Waals surface area (Å²) < 4.78 is 0. The van der Waals surface area contributed by atoms with Crippen molar-refractivity contribution >= 4 is 11.5 Å². The summed E-state index contributed by atoms with van der Waals surface area (Å²) in [5.74, 6) is 1.01. The second-order valence-electron chi connectivity index (χ2n) is 5.03. The van der Waals surface area contributed by atoms with Crippen LogP contribution in [0.25, 0.3) is 0 Å². The fourth-order valence-corrected chi connectivity index (χ4v) is 2.52. The molecule has 1 aromatic heterocycles. The molecule has 0 amide bonds. The number of benzene rings is 1. The first-order chi connectivity index (χ1) is 9.83. The molecular weight excluding hydrogens is 250 g/mol. The van der Waals surface area contributed by atoms with E-state index >= 15 is 0 Å². The number of hydrogen-bond donors (Lipinski definition) is 1. The Morgan fingerprint density at radius 1 is 1.05 bits per heavy atom. The van der Waals surface area contributed by atoms with Crippen LogP contribution < -0.4 is 10.6 Å².